The van der Waals surface area contributed by atoms with E-state index < -0.39 is 23.4 Å². The molecule has 1 aromatic heterocycles. The van der Waals surface area contributed by atoms with E-state index in [1.165, 1.54) is 17.8 Å². The van der Waals surface area contributed by atoms with Crippen molar-refractivity contribution in [2.24, 2.45) is 0 Å². The number of hydrogen-bond donors (Lipinski definition) is 1. The third kappa shape index (κ3) is 6.90. The Morgan fingerprint density at radius 3 is 2.35 bits per heavy atom. The standard InChI is InChI=1S/C24H22N2O6S.ClH/c1-3-32-22(28)14-21-26(15-20(27)25-18-7-5-4-6-8-18)23(29)19(33-21)13-16-9-11-17(12-10-16)24(30)31-2;/h4-14H,3,15H2,1-2H3,(H,25,27);1H/p-1/b19-13-,21-14-;. The topological polar surface area (TPSA) is 104 Å². The highest BCUT2D eigenvalue weighted by molar-refractivity contribution is 7.07. The highest BCUT2D eigenvalue weighted by atomic mass is 35.5. The minimum absolute atomic E-state index is 0. The van der Waals surface area contributed by atoms with Crippen molar-refractivity contribution in [3.63, 3.8) is 0 Å². The molecule has 0 aliphatic heterocycles. The van der Waals surface area contributed by atoms with Crippen LogP contribution in [-0.2, 0) is 25.6 Å². The van der Waals surface area contributed by atoms with Gasteiger partial charge in [-0.05, 0) is 42.8 Å². The first-order valence-corrected chi connectivity index (χ1v) is 10.9. The summed E-state index contributed by atoms with van der Waals surface area (Å²) in [5, 5.41) is 2.73. The molecule has 0 radical (unpaired) electrons. The molecule has 0 atom stereocenters. The van der Waals surface area contributed by atoms with Gasteiger partial charge in [0, 0.05) is 5.69 Å². The number of esters is 2. The fourth-order valence-corrected chi connectivity index (χ4v) is 3.96. The van der Waals surface area contributed by atoms with E-state index in [0.29, 0.717) is 26.0 Å². The summed E-state index contributed by atoms with van der Waals surface area (Å²) in [7, 11) is 1.30. The first kappa shape index (κ1) is 26.6. The quantitative estimate of drug-likeness (QED) is 0.396. The van der Waals surface area contributed by atoms with E-state index in [9.17, 15) is 19.2 Å². The molecule has 34 heavy (non-hydrogen) atoms. The van der Waals surface area contributed by atoms with Gasteiger partial charge in [0.1, 0.15) is 11.2 Å². The lowest BCUT2D eigenvalue weighted by Gasteiger charge is -2.05. The highest BCUT2D eigenvalue weighted by Gasteiger charge is 2.12. The molecule has 0 saturated heterocycles. The number of nitrogens with one attached hydrogen (secondary N) is 1. The first-order valence-electron chi connectivity index (χ1n) is 10.0. The number of amides is 1. The van der Waals surface area contributed by atoms with Gasteiger partial charge in [-0.1, -0.05) is 30.3 Å². The second kappa shape index (κ2) is 12.5. The van der Waals surface area contributed by atoms with Gasteiger partial charge in [-0.15, -0.1) is 11.3 Å². The number of rotatable bonds is 7. The maximum absolute atomic E-state index is 13.1. The average molecular weight is 502 g/mol. The van der Waals surface area contributed by atoms with Crippen molar-refractivity contribution in [2.45, 2.75) is 13.5 Å². The number of benzene rings is 2. The zero-order chi connectivity index (χ0) is 23.8. The minimum Gasteiger partial charge on any atom is -1.00 e. The van der Waals surface area contributed by atoms with Gasteiger partial charge < -0.3 is 27.2 Å². The number of methoxy groups -OCH3 is 1. The fourth-order valence-electron chi connectivity index (χ4n) is 2.93. The van der Waals surface area contributed by atoms with Gasteiger partial charge >= 0.3 is 11.9 Å². The summed E-state index contributed by atoms with van der Waals surface area (Å²) >= 11 is 1.07. The van der Waals surface area contributed by atoms with Gasteiger partial charge in [0.05, 0.1) is 29.9 Å². The molecule has 1 heterocycles. The van der Waals surface area contributed by atoms with E-state index in [1.807, 2.05) is 6.07 Å². The van der Waals surface area contributed by atoms with Gasteiger partial charge in [-0.25, -0.2) is 9.59 Å². The first-order chi connectivity index (χ1) is 15.9. The Morgan fingerprint density at radius 1 is 1.06 bits per heavy atom. The summed E-state index contributed by atoms with van der Waals surface area (Å²) in [4.78, 5) is 49.2. The second-order valence-corrected chi connectivity index (χ2v) is 7.83. The molecule has 0 unspecified atom stereocenters. The monoisotopic (exact) mass is 501 g/mol. The molecular weight excluding hydrogens is 480 g/mol. The van der Waals surface area contributed by atoms with Crippen molar-refractivity contribution < 1.29 is 36.3 Å². The van der Waals surface area contributed by atoms with Crippen LogP contribution in [-0.4, -0.2) is 36.1 Å². The molecule has 0 fully saturated rings. The van der Waals surface area contributed by atoms with E-state index in [1.54, 1.807) is 61.5 Å². The van der Waals surface area contributed by atoms with E-state index in [0.717, 1.165) is 11.3 Å². The SMILES string of the molecule is CCOC(=O)/C=c1\s/c(=C\c2ccc(C(=O)OC)cc2)c(=O)n1CC(=O)Nc1ccccc1.[Cl-]. The zero-order valence-corrected chi connectivity index (χ0v) is 20.0. The van der Waals surface area contributed by atoms with Crippen LogP contribution >= 0.6 is 11.3 Å². The lowest BCUT2D eigenvalue weighted by atomic mass is 10.1. The molecule has 2 aromatic carbocycles. The number of carbonyl (C=O) groups is 3. The number of carbonyl (C=O) groups excluding carboxylic acids is 3. The van der Waals surface area contributed by atoms with Gasteiger partial charge in [0.25, 0.3) is 5.56 Å². The number of thiazole rings is 1. The number of nitrogens with zero attached hydrogens (tertiary/aromatic N) is 1. The molecule has 10 heteroatoms. The lowest BCUT2D eigenvalue weighted by Crippen LogP contribution is -3.00. The van der Waals surface area contributed by atoms with E-state index >= 15 is 0 Å². The van der Waals surface area contributed by atoms with Gasteiger partial charge in [-0.3, -0.25) is 14.2 Å². The van der Waals surface area contributed by atoms with Crippen LogP contribution < -0.4 is 32.5 Å². The van der Waals surface area contributed by atoms with Crippen molar-refractivity contribution in [1.82, 2.24) is 4.57 Å². The summed E-state index contributed by atoms with van der Waals surface area (Å²) in [6, 6.07) is 15.4. The van der Waals surface area contributed by atoms with Crippen LogP contribution in [0.5, 0.6) is 0 Å². The summed E-state index contributed by atoms with van der Waals surface area (Å²) in [5.74, 6) is -1.48. The lowest BCUT2D eigenvalue weighted by molar-refractivity contribution is -0.135. The second-order valence-electron chi connectivity index (χ2n) is 6.76. The van der Waals surface area contributed by atoms with Crippen LogP contribution in [0.1, 0.15) is 22.8 Å². The van der Waals surface area contributed by atoms with Crippen molar-refractivity contribution in [3.8, 4) is 0 Å². The summed E-state index contributed by atoms with van der Waals surface area (Å²) < 4.78 is 11.5. The third-order valence-electron chi connectivity index (χ3n) is 4.45. The Bertz CT molecular complexity index is 1330. The van der Waals surface area contributed by atoms with Crippen LogP contribution in [0.2, 0.25) is 0 Å². The third-order valence-corrected chi connectivity index (χ3v) is 5.51. The number of para-hydroxylation sites is 1. The van der Waals surface area contributed by atoms with Gasteiger partial charge in [0.2, 0.25) is 5.91 Å². The van der Waals surface area contributed by atoms with Crippen molar-refractivity contribution in [1.29, 1.82) is 0 Å². The summed E-state index contributed by atoms with van der Waals surface area (Å²) in [6.07, 6.45) is 2.82. The molecule has 3 aromatic rings. The van der Waals surface area contributed by atoms with E-state index in [-0.39, 0.29) is 25.6 Å². The number of hydrogen-bond acceptors (Lipinski definition) is 7. The minimum atomic E-state index is -0.607. The molecule has 0 spiro atoms. The van der Waals surface area contributed by atoms with Gasteiger partial charge in [0.15, 0.2) is 0 Å². The Morgan fingerprint density at radius 2 is 1.74 bits per heavy atom. The molecule has 0 saturated carbocycles. The Balaban J connectivity index is 0.00000408. The fraction of sp³-hybridized carbons (Fsp3) is 0.167. The molecule has 8 nitrogen and oxygen atoms in total. The summed E-state index contributed by atoms with van der Waals surface area (Å²) in [6.45, 7) is 1.59. The number of ether oxygens (including phenoxy) is 2. The Kier molecular flexibility index (Phi) is 9.78. The van der Waals surface area contributed by atoms with Crippen molar-refractivity contribution in [3.05, 3.63) is 85.3 Å². The Labute approximate surface area is 205 Å². The average Bonchev–Trinajstić information content (AvgIpc) is 3.08. The van der Waals surface area contributed by atoms with Crippen LogP contribution in [0.4, 0.5) is 5.69 Å². The molecule has 3 rings (SSSR count). The Hall–Kier alpha value is -3.69. The van der Waals surface area contributed by atoms with Crippen molar-refractivity contribution in [2.75, 3.05) is 19.0 Å². The molecule has 0 aliphatic carbocycles. The number of aromatic nitrogens is 1. The molecular formula is C24H22ClN2O6S-. The largest absolute Gasteiger partial charge is 1.00 e. The molecule has 0 aliphatic rings. The van der Waals surface area contributed by atoms with E-state index in [4.69, 9.17) is 4.74 Å². The maximum atomic E-state index is 13.1. The zero-order valence-electron chi connectivity index (χ0n) is 18.4. The van der Waals surface area contributed by atoms with Crippen molar-refractivity contribution >= 4 is 47.0 Å². The van der Waals surface area contributed by atoms with E-state index in [2.05, 4.69) is 10.1 Å². The molecule has 1 N–H and O–H groups in total. The molecule has 0 bridgehead atoms. The highest BCUT2D eigenvalue weighted by Crippen LogP contribution is 2.07. The smallest absolute Gasteiger partial charge is 0.337 e. The van der Waals surface area contributed by atoms with Crippen LogP contribution in [0.3, 0.4) is 0 Å². The number of anilines is 1. The van der Waals surface area contributed by atoms with Crippen LogP contribution in [0.15, 0.2) is 59.4 Å². The van der Waals surface area contributed by atoms with Crippen LogP contribution in [0, 0.1) is 0 Å². The summed E-state index contributed by atoms with van der Waals surface area (Å²) in [5.41, 5.74) is 1.23. The molecule has 1 amide bonds. The predicted molar refractivity (Wildman–Crippen MR) is 125 cm³/mol. The van der Waals surface area contributed by atoms with Gasteiger partial charge in [-0.2, -0.15) is 0 Å². The van der Waals surface area contributed by atoms with Crippen LogP contribution in [0.25, 0.3) is 12.2 Å². The molecule has 178 valence electrons. The maximum Gasteiger partial charge on any atom is 0.337 e. The normalized spacial score (nSPS) is 11.5. The number of halogens is 1. The predicted octanol–water partition coefficient (Wildman–Crippen LogP) is -1.49.